The lowest BCUT2D eigenvalue weighted by Crippen LogP contribution is -2.05. The second-order valence-electron chi connectivity index (χ2n) is 2.11. The van der Waals surface area contributed by atoms with Crippen LogP contribution in [0.5, 0.6) is 0 Å². The average Bonchev–Trinajstić information content (AvgIpc) is 2.03. The molecular weight excluding hydrogens is 156 g/mol. The summed E-state index contributed by atoms with van der Waals surface area (Å²) in [7, 11) is 0. The van der Waals surface area contributed by atoms with E-state index in [-0.39, 0.29) is 5.70 Å². The van der Waals surface area contributed by atoms with Crippen molar-refractivity contribution in [1.82, 2.24) is 0 Å². The fraction of sp³-hybridized carbons (Fsp3) is 0.250. The summed E-state index contributed by atoms with van der Waals surface area (Å²) in [5.41, 5.74) is 5.77. The summed E-state index contributed by atoms with van der Waals surface area (Å²) in [5.74, 6) is 0. The lowest BCUT2D eigenvalue weighted by Gasteiger charge is -1.98. The zero-order chi connectivity index (χ0) is 9.56. The highest BCUT2D eigenvalue weighted by molar-refractivity contribution is 5.26. The van der Waals surface area contributed by atoms with Crippen LogP contribution in [0.1, 0.15) is 6.42 Å². The topological polar surface area (TPSA) is 69.2 Å². The van der Waals surface area contributed by atoms with E-state index in [1.165, 1.54) is 12.2 Å². The van der Waals surface area contributed by atoms with Gasteiger partial charge in [-0.3, -0.25) is 10.1 Å². The maximum atomic E-state index is 10.4. The summed E-state index contributed by atoms with van der Waals surface area (Å²) in [4.78, 5) is 9.91. The Bertz CT molecular complexity index is 231. The third-order valence-corrected chi connectivity index (χ3v) is 1.38. The molecule has 0 rings (SSSR count). The van der Waals surface area contributed by atoms with E-state index in [1.807, 2.05) is 0 Å². The van der Waals surface area contributed by atoms with E-state index in [9.17, 15) is 10.1 Å². The number of rotatable bonds is 5. The van der Waals surface area contributed by atoms with E-state index in [1.54, 1.807) is 0 Å². The molecule has 0 aliphatic heterocycles. The van der Waals surface area contributed by atoms with Gasteiger partial charge in [-0.15, -0.1) is 0 Å². The highest BCUT2D eigenvalue weighted by Gasteiger charge is 2.10. The Morgan fingerprint density at radius 1 is 1.50 bits per heavy atom. The first-order valence-corrected chi connectivity index (χ1v) is 3.49. The fourth-order valence-electron chi connectivity index (χ4n) is 0.813. The van der Waals surface area contributed by atoms with E-state index in [0.717, 1.165) is 0 Å². The number of nitrogens with two attached hydrogens (primary N) is 1. The molecule has 66 valence electrons. The van der Waals surface area contributed by atoms with Crippen LogP contribution in [0.4, 0.5) is 0 Å². The van der Waals surface area contributed by atoms with Crippen LogP contribution in [0, 0.1) is 10.1 Å². The first kappa shape index (κ1) is 10.6. The standard InChI is InChI=1S/C8H12N2O2/c1-3-7(5-6-9)8(4-2)10(11)12/h3-4H,1-2,5-6,9H2/b8-7-. The molecule has 0 aliphatic carbocycles. The molecule has 4 nitrogen and oxygen atoms in total. The van der Waals surface area contributed by atoms with Crippen molar-refractivity contribution in [2.45, 2.75) is 6.42 Å². The highest BCUT2D eigenvalue weighted by atomic mass is 16.6. The quantitative estimate of drug-likeness (QED) is 0.381. The smallest absolute Gasteiger partial charge is 0.272 e. The number of hydrogen-bond donors (Lipinski definition) is 1. The minimum Gasteiger partial charge on any atom is -0.330 e. The van der Waals surface area contributed by atoms with Gasteiger partial charge in [0.1, 0.15) is 0 Å². The molecule has 0 atom stereocenters. The molecule has 4 heteroatoms. The van der Waals surface area contributed by atoms with E-state index >= 15 is 0 Å². The minimum absolute atomic E-state index is 0.0181. The van der Waals surface area contributed by atoms with Crippen molar-refractivity contribution in [2.24, 2.45) is 5.73 Å². The number of nitro groups is 1. The van der Waals surface area contributed by atoms with Gasteiger partial charge in [-0.05, 0) is 13.0 Å². The van der Waals surface area contributed by atoms with Crippen molar-refractivity contribution >= 4 is 0 Å². The van der Waals surface area contributed by atoms with E-state index < -0.39 is 4.92 Å². The molecule has 0 saturated carbocycles. The lowest BCUT2D eigenvalue weighted by atomic mass is 10.1. The summed E-state index contributed by atoms with van der Waals surface area (Å²) in [6, 6.07) is 0. The van der Waals surface area contributed by atoms with Gasteiger partial charge >= 0.3 is 0 Å². The number of allylic oxidation sites excluding steroid dienone is 2. The van der Waals surface area contributed by atoms with E-state index in [0.29, 0.717) is 18.5 Å². The molecule has 0 unspecified atom stereocenters. The fourth-order valence-corrected chi connectivity index (χ4v) is 0.813. The average molecular weight is 168 g/mol. The van der Waals surface area contributed by atoms with Crippen LogP contribution < -0.4 is 5.73 Å². The Morgan fingerprint density at radius 3 is 2.33 bits per heavy atom. The van der Waals surface area contributed by atoms with Gasteiger partial charge in [-0.1, -0.05) is 19.2 Å². The molecule has 0 amide bonds. The maximum Gasteiger partial charge on any atom is 0.272 e. The van der Waals surface area contributed by atoms with Gasteiger partial charge in [-0.2, -0.15) is 0 Å². The Labute approximate surface area is 71.2 Å². The van der Waals surface area contributed by atoms with Gasteiger partial charge in [0.15, 0.2) is 0 Å². The predicted octanol–water partition coefficient (Wildman–Crippen LogP) is 1.24. The zero-order valence-electron chi connectivity index (χ0n) is 6.82. The lowest BCUT2D eigenvalue weighted by molar-refractivity contribution is -0.420. The molecular formula is C8H12N2O2. The molecule has 0 radical (unpaired) electrons. The van der Waals surface area contributed by atoms with Gasteiger partial charge in [0.2, 0.25) is 0 Å². The molecule has 2 N–H and O–H groups in total. The van der Waals surface area contributed by atoms with Gasteiger partial charge in [0.25, 0.3) is 5.70 Å². The predicted molar refractivity (Wildman–Crippen MR) is 48.1 cm³/mol. The Hall–Kier alpha value is -1.42. The molecule has 0 aromatic rings. The van der Waals surface area contributed by atoms with Crippen molar-refractivity contribution in [3.05, 3.63) is 46.7 Å². The summed E-state index contributed by atoms with van der Waals surface area (Å²) < 4.78 is 0. The molecule has 0 fully saturated rings. The van der Waals surface area contributed by atoms with Crippen LogP contribution in [0.3, 0.4) is 0 Å². The third kappa shape index (κ3) is 2.67. The molecule has 12 heavy (non-hydrogen) atoms. The molecule has 0 spiro atoms. The van der Waals surface area contributed by atoms with Crippen molar-refractivity contribution < 1.29 is 4.92 Å². The van der Waals surface area contributed by atoms with Crippen LogP contribution >= 0.6 is 0 Å². The Morgan fingerprint density at radius 2 is 2.08 bits per heavy atom. The van der Waals surface area contributed by atoms with Crippen LogP contribution in [0.15, 0.2) is 36.6 Å². The van der Waals surface area contributed by atoms with Gasteiger partial charge in [-0.25, -0.2) is 0 Å². The van der Waals surface area contributed by atoms with E-state index in [4.69, 9.17) is 5.73 Å². The number of hydrogen-bond acceptors (Lipinski definition) is 3. The molecule has 0 aliphatic rings. The van der Waals surface area contributed by atoms with Crippen LogP contribution in [-0.2, 0) is 0 Å². The Kier molecular flexibility index (Phi) is 4.64. The zero-order valence-corrected chi connectivity index (χ0v) is 6.82. The van der Waals surface area contributed by atoms with Crippen LogP contribution in [-0.4, -0.2) is 11.5 Å². The summed E-state index contributed by atoms with van der Waals surface area (Å²) in [5, 5.41) is 10.4. The van der Waals surface area contributed by atoms with Crippen molar-refractivity contribution in [3.8, 4) is 0 Å². The maximum absolute atomic E-state index is 10.4. The monoisotopic (exact) mass is 168 g/mol. The molecule has 0 heterocycles. The Balaban J connectivity index is 4.86. The van der Waals surface area contributed by atoms with E-state index in [2.05, 4.69) is 13.2 Å². The normalized spacial score (nSPS) is 11.8. The highest BCUT2D eigenvalue weighted by Crippen LogP contribution is 2.10. The number of nitrogens with zero attached hydrogens (tertiary/aromatic N) is 1. The van der Waals surface area contributed by atoms with Gasteiger partial charge in [0, 0.05) is 11.6 Å². The second kappa shape index (κ2) is 5.26. The first-order chi connectivity index (χ1) is 5.67. The molecule has 0 saturated heterocycles. The largest absolute Gasteiger partial charge is 0.330 e. The van der Waals surface area contributed by atoms with Crippen molar-refractivity contribution in [3.63, 3.8) is 0 Å². The second-order valence-corrected chi connectivity index (χ2v) is 2.11. The van der Waals surface area contributed by atoms with Gasteiger partial charge in [0.05, 0.1) is 4.92 Å². The van der Waals surface area contributed by atoms with Crippen LogP contribution in [0.2, 0.25) is 0 Å². The minimum atomic E-state index is -0.486. The third-order valence-electron chi connectivity index (χ3n) is 1.38. The summed E-state index contributed by atoms with van der Waals surface area (Å²) >= 11 is 0. The van der Waals surface area contributed by atoms with Gasteiger partial charge < -0.3 is 5.73 Å². The van der Waals surface area contributed by atoms with Crippen molar-refractivity contribution in [1.29, 1.82) is 0 Å². The van der Waals surface area contributed by atoms with Crippen molar-refractivity contribution in [2.75, 3.05) is 6.54 Å². The summed E-state index contributed by atoms with van der Waals surface area (Å²) in [6.45, 7) is 7.18. The SMILES string of the molecule is C=C/C(CCN)=C(\C=C)[N+](=O)[O-]. The first-order valence-electron chi connectivity index (χ1n) is 3.49. The van der Waals surface area contributed by atoms with Crippen LogP contribution in [0.25, 0.3) is 0 Å². The molecule has 0 aromatic heterocycles. The molecule has 0 aromatic carbocycles. The summed E-state index contributed by atoms with van der Waals surface area (Å²) in [6.07, 6.45) is 3.09. The molecule has 0 bridgehead atoms.